The molecular weight excluding hydrogens is 292 g/mol. The van der Waals surface area contributed by atoms with E-state index >= 15 is 0 Å². The number of amides is 2. The molecule has 5 nitrogen and oxygen atoms in total. The predicted octanol–water partition coefficient (Wildman–Crippen LogP) is 3.17. The van der Waals surface area contributed by atoms with E-state index in [4.69, 9.17) is 4.74 Å². The molecule has 0 atom stereocenters. The Morgan fingerprint density at radius 2 is 1.78 bits per heavy atom. The number of carbonyl (C=O) groups excluding carboxylic acids is 2. The molecule has 0 aromatic heterocycles. The average Bonchev–Trinajstić information content (AvgIpc) is 2.54. The van der Waals surface area contributed by atoms with Gasteiger partial charge in [-0.15, -0.1) is 0 Å². The third-order valence-corrected chi connectivity index (χ3v) is 3.26. The van der Waals surface area contributed by atoms with Crippen molar-refractivity contribution in [3.8, 4) is 0 Å². The average molecular weight is 312 g/mol. The quantitative estimate of drug-likeness (QED) is 0.891. The van der Waals surface area contributed by atoms with Gasteiger partial charge in [-0.05, 0) is 31.0 Å². The highest BCUT2D eigenvalue weighted by atomic mass is 16.5. The van der Waals surface area contributed by atoms with Crippen LogP contribution in [0.15, 0.2) is 48.5 Å². The molecular formula is C18H20N2O3. The summed E-state index contributed by atoms with van der Waals surface area (Å²) in [6, 6.07) is 15.1. The highest BCUT2D eigenvalue weighted by molar-refractivity contribution is 5.94. The molecule has 2 aromatic rings. The minimum Gasteiger partial charge on any atom is -0.445 e. The molecule has 0 aliphatic carbocycles. The molecule has 0 aliphatic heterocycles. The second-order valence-corrected chi connectivity index (χ2v) is 5.28. The van der Waals surface area contributed by atoms with E-state index in [9.17, 15) is 9.59 Å². The van der Waals surface area contributed by atoms with E-state index < -0.39 is 6.09 Å². The fourth-order valence-corrected chi connectivity index (χ4v) is 2.07. The second kappa shape index (κ2) is 7.98. The lowest BCUT2D eigenvalue weighted by Crippen LogP contribution is -2.33. The Bertz CT molecular complexity index is 684. The molecule has 2 amide bonds. The van der Waals surface area contributed by atoms with Crippen LogP contribution in [-0.4, -0.2) is 18.5 Å². The van der Waals surface area contributed by atoms with Gasteiger partial charge in [0.15, 0.2) is 0 Å². The molecule has 0 saturated heterocycles. The summed E-state index contributed by atoms with van der Waals surface area (Å²) in [7, 11) is 0. The van der Waals surface area contributed by atoms with Crippen molar-refractivity contribution in [1.82, 2.24) is 5.32 Å². The van der Waals surface area contributed by atoms with Crippen LogP contribution in [0.3, 0.4) is 0 Å². The first-order chi connectivity index (χ1) is 11.0. The highest BCUT2D eigenvalue weighted by Gasteiger charge is 2.08. The summed E-state index contributed by atoms with van der Waals surface area (Å²) in [6.07, 6.45) is -0.621. The smallest absolute Gasteiger partial charge is 0.407 e. The summed E-state index contributed by atoms with van der Waals surface area (Å²) >= 11 is 0. The molecule has 2 rings (SSSR count). The normalized spacial score (nSPS) is 10.0. The van der Waals surface area contributed by atoms with Crippen molar-refractivity contribution in [3.63, 3.8) is 0 Å². The zero-order chi connectivity index (χ0) is 16.7. The van der Waals surface area contributed by atoms with Crippen LogP contribution in [0.2, 0.25) is 0 Å². The van der Waals surface area contributed by atoms with Gasteiger partial charge in [-0.25, -0.2) is 4.79 Å². The number of aryl methyl sites for hydroxylation is 2. The Kier molecular flexibility index (Phi) is 5.74. The molecule has 0 fully saturated rings. The van der Waals surface area contributed by atoms with E-state index in [1.807, 2.05) is 62.4 Å². The molecule has 0 aliphatic rings. The standard InChI is InChI=1S/C18H20N2O3/c1-13-8-9-16(14(2)10-13)20-17(21)11-19-18(22)23-12-15-6-4-3-5-7-15/h3-10H,11-12H2,1-2H3,(H,19,22)(H,20,21). The Morgan fingerprint density at radius 3 is 2.48 bits per heavy atom. The van der Waals surface area contributed by atoms with Gasteiger partial charge in [0.2, 0.25) is 5.91 Å². The monoisotopic (exact) mass is 312 g/mol. The molecule has 5 heteroatoms. The molecule has 0 radical (unpaired) electrons. The van der Waals surface area contributed by atoms with Gasteiger partial charge in [0.05, 0.1) is 0 Å². The van der Waals surface area contributed by atoms with Crippen LogP contribution in [0.25, 0.3) is 0 Å². The van der Waals surface area contributed by atoms with Crippen molar-refractivity contribution < 1.29 is 14.3 Å². The summed E-state index contributed by atoms with van der Waals surface area (Å²) in [4.78, 5) is 23.4. The zero-order valence-corrected chi connectivity index (χ0v) is 13.3. The van der Waals surface area contributed by atoms with Crippen molar-refractivity contribution in [2.75, 3.05) is 11.9 Å². The van der Waals surface area contributed by atoms with Crippen LogP contribution >= 0.6 is 0 Å². The molecule has 120 valence electrons. The minimum atomic E-state index is -0.621. The zero-order valence-electron chi connectivity index (χ0n) is 13.3. The third kappa shape index (κ3) is 5.47. The summed E-state index contributed by atoms with van der Waals surface area (Å²) in [6.45, 7) is 3.94. The SMILES string of the molecule is Cc1ccc(NC(=O)CNC(=O)OCc2ccccc2)c(C)c1. The first-order valence-corrected chi connectivity index (χ1v) is 7.36. The van der Waals surface area contributed by atoms with Crippen molar-refractivity contribution in [3.05, 3.63) is 65.2 Å². The number of rotatable bonds is 5. The van der Waals surface area contributed by atoms with E-state index in [1.54, 1.807) is 0 Å². The first-order valence-electron chi connectivity index (χ1n) is 7.36. The largest absolute Gasteiger partial charge is 0.445 e. The second-order valence-electron chi connectivity index (χ2n) is 5.28. The van der Waals surface area contributed by atoms with E-state index in [-0.39, 0.29) is 19.1 Å². The van der Waals surface area contributed by atoms with Gasteiger partial charge in [0.1, 0.15) is 13.2 Å². The van der Waals surface area contributed by atoms with Gasteiger partial charge in [-0.3, -0.25) is 4.79 Å². The summed E-state index contributed by atoms with van der Waals surface area (Å²) in [5.74, 6) is -0.298. The molecule has 2 aromatic carbocycles. The lowest BCUT2D eigenvalue weighted by atomic mass is 10.1. The van der Waals surface area contributed by atoms with Gasteiger partial charge in [0, 0.05) is 5.69 Å². The lowest BCUT2D eigenvalue weighted by Gasteiger charge is -2.10. The van der Waals surface area contributed by atoms with Crippen LogP contribution in [0, 0.1) is 13.8 Å². The Labute approximate surface area is 135 Å². The fraction of sp³-hybridized carbons (Fsp3) is 0.222. The first kappa shape index (κ1) is 16.5. The molecule has 2 N–H and O–H groups in total. The van der Waals surface area contributed by atoms with Crippen molar-refractivity contribution in [2.45, 2.75) is 20.5 Å². The Hall–Kier alpha value is -2.82. The van der Waals surface area contributed by atoms with Gasteiger partial charge in [-0.2, -0.15) is 0 Å². The molecule has 0 spiro atoms. The maximum absolute atomic E-state index is 11.8. The van der Waals surface area contributed by atoms with Crippen molar-refractivity contribution in [1.29, 1.82) is 0 Å². The van der Waals surface area contributed by atoms with Crippen molar-refractivity contribution in [2.24, 2.45) is 0 Å². The Morgan fingerprint density at radius 1 is 1.04 bits per heavy atom. The number of hydrogen-bond donors (Lipinski definition) is 2. The molecule has 0 unspecified atom stereocenters. The van der Waals surface area contributed by atoms with E-state index in [2.05, 4.69) is 10.6 Å². The molecule has 0 bridgehead atoms. The Balaban J connectivity index is 1.74. The number of hydrogen-bond acceptors (Lipinski definition) is 3. The molecule has 0 saturated carbocycles. The maximum atomic E-state index is 11.8. The minimum absolute atomic E-state index is 0.138. The van der Waals surface area contributed by atoms with Crippen LogP contribution in [0.4, 0.5) is 10.5 Å². The summed E-state index contributed by atoms with van der Waals surface area (Å²) in [5.41, 5.74) is 3.73. The topological polar surface area (TPSA) is 67.4 Å². The summed E-state index contributed by atoms with van der Waals surface area (Å²) in [5, 5.41) is 5.19. The van der Waals surface area contributed by atoms with Crippen molar-refractivity contribution >= 4 is 17.7 Å². The van der Waals surface area contributed by atoms with Crippen LogP contribution < -0.4 is 10.6 Å². The third-order valence-electron chi connectivity index (χ3n) is 3.26. The number of alkyl carbamates (subject to hydrolysis) is 1. The number of ether oxygens (including phenoxy) is 1. The lowest BCUT2D eigenvalue weighted by molar-refractivity contribution is -0.115. The van der Waals surface area contributed by atoms with Gasteiger partial charge < -0.3 is 15.4 Å². The fourth-order valence-electron chi connectivity index (χ4n) is 2.07. The number of nitrogens with one attached hydrogen (secondary N) is 2. The highest BCUT2D eigenvalue weighted by Crippen LogP contribution is 2.15. The summed E-state index contributed by atoms with van der Waals surface area (Å²) < 4.78 is 5.04. The van der Waals surface area contributed by atoms with E-state index in [0.29, 0.717) is 0 Å². The van der Waals surface area contributed by atoms with Crippen LogP contribution in [0.5, 0.6) is 0 Å². The molecule has 23 heavy (non-hydrogen) atoms. The number of anilines is 1. The van der Waals surface area contributed by atoms with Gasteiger partial charge >= 0.3 is 6.09 Å². The number of benzene rings is 2. The maximum Gasteiger partial charge on any atom is 0.407 e. The van der Waals surface area contributed by atoms with Crippen LogP contribution in [-0.2, 0) is 16.1 Å². The van der Waals surface area contributed by atoms with E-state index in [0.717, 1.165) is 22.4 Å². The van der Waals surface area contributed by atoms with Gasteiger partial charge in [-0.1, -0.05) is 48.0 Å². The predicted molar refractivity (Wildman–Crippen MR) is 89.2 cm³/mol. The van der Waals surface area contributed by atoms with Gasteiger partial charge in [0.25, 0.3) is 0 Å². The molecule has 0 heterocycles. The van der Waals surface area contributed by atoms with Crippen LogP contribution in [0.1, 0.15) is 16.7 Å². The van der Waals surface area contributed by atoms with E-state index in [1.165, 1.54) is 0 Å². The number of carbonyl (C=O) groups is 2.